The highest BCUT2D eigenvalue weighted by atomic mass is 32.1. The number of carbonyl (C=O) groups is 1. The topological polar surface area (TPSA) is 41.6 Å². The number of halogens is 1. The molecule has 0 radical (unpaired) electrons. The minimum absolute atomic E-state index is 0.0876. The molecule has 0 bridgehead atoms. The van der Waals surface area contributed by atoms with Crippen molar-refractivity contribution in [1.82, 2.24) is 10.2 Å². The lowest BCUT2D eigenvalue weighted by Gasteiger charge is -2.36. The van der Waals surface area contributed by atoms with E-state index in [0.717, 1.165) is 24.4 Å². The van der Waals surface area contributed by atoms with Gasteiger partial charge in [0, 0.05) is 11.4 Å². The summed E-state index contributed by atoms with van der Waals surface area (Å²) in [6, 6.07) is 8.29. The zero-order chi connectivity index (χ0) is 17.9. The molecule has 0 saturated heterocycles. The summed E-state index contributed by atoms with van der Waals surface area (Å²) < 4.78 is 19.6. The third-order valence-electron chi connectivity index (χ3n) is 5.05. The lowest BCUT2D eigenvalue weighted by Crippen LogP contribution is -2.45. The van der Waals surface area contributed by atoms with Gasteiger partial charge in [-0.2, -0.15) is 0 Å². The average molecular weight is 374 g/mol. The Labute approximate surface area is 157 Å². The highest BCUT2D eigenvalue weighted by molar-refractivity contribution is 7.10. The monoisotopic (exact) mass is 374 g/mol. The van der Waals surface area contributed by atoms with Crippen LogP contribution in [0, 0.1) is 11.7 Å². The number of rotatable bonds is 7. The second-order valence-corrected chi connectivity index (χ2v) is 7.97. The Morgan fingerprint density at radius 3 is 2.96 bits per heavy atom. The maximum Gasteiger partial charge on any atom is 0.237 e. The molecule has 1 amide bonds. The SMILES string of the molecule is O=C(CNCC1CC1)N1CCc2sccc2C1COc1ccccc1F. The highest BCUT2D eigenvalue weighted by Gasteiger charge is 2.32. The molecule has 2 aliphatic rings. The Hall–Kier alpha value is -1.92. The van der Waals surface area contributed by atoms with E-state index in [1.54, 1.807) is 29.5 Å². The van der Waals surface area contributed by atoms with Gasteiger partial charge in [0.1, 0.15) is 6.61 Å². The van der Waals surface area contributed by atoms with Crippen LogP contribution in [0.4, 0.5) is 4.39 Å². The fourth-order valence-corrected chi connectivity index (χ4v) is 4.34. The molecule has 1 N–H and O–H groups in total. The van der Waals surface area contributed by atoms with Gasteiger partial charge in [0.05, 0.1) is 12.6 Å². The van der Waals surface area contributed by atoms with Crippen LogP contribution in [-0.2, 0) is 11.2 Å². The Bertz CT molecular complexity index is 775. The molecular weight excluding hydrogens is 351 g/mol. The van der Waals surface area contributed by atoms with E-state index in [1.165, 1.54) is 23.8 Å². The molecular formula is C20H23FN2O2S. The molecule has 138 valence electrons. The summed E-state index contributed by atoms with van der Waals surface area (Å²) in [6.45, 7) is 2.22. The summed E-state index contributed by atoms with van der Waals surface area (Å²) in [5.41, 5.74) is 1.13. The summed E-state index contributed by atoms with van der Waals surface area (Å²) in [6.07, 6.45) is 3.40. The third kappa shape index (κ3) is 3.91. The number of fused-ring (bicyclic) bond motifs is 1. The molecule has 4 nitrogen and oxygen atoms in total. The molecule has 1 fully saturated rings. The smallest absolute Gasteiger partial charge is 0.237 e. The average Bonchev–Trinajstić information content (AvgIpc) is 3.34. The van der Waals surface area contributed by atoms with Gasteiger partial charge in [-0.25, -0.2) is 4.39 Å². The third-order valence-corrected chi connectivity index (χ3v) is 6.05. The van der Waals surface area contributed by atoms with Crippen molar-refractivity contribution in [3.63, 3.8) is 0 Å². The predicted octanol–water partition coefficient (Wildman–Crippen LogP) is 3.39. The molecule has 0 spiro atoms. The van der Waals surface area contributed by atoms with E-state index in [4.69, 9.17) is 4.74 Å². The molecule has 2 heterocycles. The molecule has 1 aromatic carbocycles. The first-order valence-electron chi connectivity index (χ1n) is 9.16. The molecule has 26 heavy (non-hydrogen) atoms. The second-order valence-electron chi connectivity index (χ2n) is 6.97. The van der Waals surface area contributed by atoms with Gasteiger partial charge >= 0.3 is 0 Å². The number of carbonyl (C=O) groups excluding carboxylic acids is 1. The maximum atomic E-state index is 13.9. The standard InChI is InChI=1S/C20H23FN2O2S/c21-16-3-1-2-4-18(16)25-13-17-15-8-10-26-19(15)7-9-23(17)20(24)12-22-11-14-5-6-14/h1-4,8,10,14,17,22H,5-7,9,11-13H2. The Morgan fingerprint density at radius 2 is 2.15 bits per heavy atom. The summed E-state index contributed by atoms with van der Waals surface area (Å²) >= 11 is 1.71. The summed E-state index contributed by atoms with van der Waals surface area (Å²) in [4.78, 5) is 15.9. The van der Waals surface area contributed by atoms with Crippen molar-refractivity contribution in [2.75, 3.05) is 26.2 Å². The number of hydrogen-bond acceptors (Lipinski definition) is 4. The minimum Gasteiger partial charge on any atom is -0.488 e. The van der Waals surface area contributed by atoms with Gasteiger partial charge in [-0.05, 0) is 60.9 Å². The first kappa shape index (κ1) is 17.5. The van der Waals surface area contributed by atoms with Crippen LogP contribution in [0.3, 0.4) is 0 Å². The molecule has 4 rings (SSSR count). The van der Waals surface area contributed by atoms with Crippen LogP contribution < -0.4 is 10.1 Å². The van der Waals surface area contributed by atoms with Crippen molar-refractivity contribution in [3.8, 4) is 5.75 Å². The quantitative estimate of drug-likeness (QED) is 0.808. The molecule has 6 heteroatoms. The normalized spacial score (nSPS) is 19.3. The van der Waals surface area contributed by atoms with E-state index < -0.39 is 0 Å². The van der Waals surface area contributed by atoms with Gasteiger partial charge in [-0.1, -0.05) is 12.1 Å². The zero-order valence-electron chi connectivity index (χ0n) is 14.6. The first-order valence-corrected chi connectivity index (χ1v) is 10.0. The van der Waals surface area contributed by atoms with Crippen LogP contribution in [0.5, 0.6) is 5.75 Å². The highest BCUT2D eigenvalue weighted by Crippen LogP contribution is 2.34. The Kier molecular flexibility index (Phi) is 5.22. The van der Waals surface area contributed by atoms with Gasteiger partial charge in [-0.15, -0.1) is 11.3 Å². The van der Waals surface area contributed by atoms with Crippen LogP contribution >= 0.6 is 11.3 Å². The van der Waals surface area contributed by atoms with Crippen LogP contribution in [0.2, 0.25) is 0 Å². The van der Waals surface area contributed by atoms with Crippen LogP contribution in [0.25, 0.3) is 0 Å². The largest absolute Gasteiger partial charge is 0.488 e. The molecule has 1 aromatic heterocycles. The first-order chi connectivity index (χ1) is 12.7. The summed E-state index contributed by atoms with van der Waals surface area (Å²) in [5.74, 6) is 0.685. The number of hydrogen-bond donors (Lipinski definition) is 1. The van der Waals surface area contributed by atoms with E-state index in [1.807, 2.05) is 4.90 Å². The number of nitrogens with zero attached hydrogens (tertiary/aromatic N) is 1. The van der Waals surface area contributed by atoms with E-state index >= 15 is 0 Å². The van der Waals surface area contributed by atoms with Crippen LogP contribution in [0.15, 0.2) is 35.7 Å². The number of benzene rings is 1. The number of nitrogens with one attached hydrogen (secondary N) is 1. The minimum atomic E-state index is -0.377. The van der Waals surface area contributed by atoms with Crippen molar-refractivity contribution in [2.45, 2.75) is 25.3 Å². The number of thiophene rings is 1. The molecule has 1 unspecified atom stereocenters. The van der Waals surface area contributed by atoms with E-state index in [0.29, 0.717) is 13.1 Å². The maximum absolute atomic E-state index is 13.9. The molecule has 2 aromatic rings. The molecule has 1 atom stereocenters. The van der Waals surface area contributed by atoms with Crippen molar-refractivity contribution in [1.29, 1.82) is 0 Å². The second kappa shape index (κ2) is 7.76. The van der Waals surface area contributed by atoms with Gasteiger partial charge in [0.15, 0.2) is 11.6 Å². The van der Waals surface area contributed by atoms with Crippen molar-refractivity contribution in [3.05, 3.63) is 52.0 Å². The lowest BCUT2D eigenvalue weighted by molar-refractivity contribution is -0.133. The van der Waals surface area contributed by atoms with E-state index in [2.05, 4.69) is 16.8 Å². The zero-order valence-corrected chi connectivity index (χ0v) is 15.4. The fourth-order valence-electron chi connectivity index (χ4n) is 3.41. The molecule has 1 aliphatic heterocycles. The van der Waals surface area contributed by atoms with Crippen LogP contribution in [0.1, 0.15) is 29.3 Å². The van der Waals surface area contributed by atoms with Gasteiger partial charge in [0.2, 0.25) is 5.91 Å². The summed E-state index contributed by atoms with van der Waals surface area (Å²) in [5, 5.41) is 5.33. The van der Waals surface area contributed by atoms with Crippen LogP contribution in [-0.4, -0.2) is 37.0 Å². The van der Waals surface area contributed by atoms with Gasteiger partial charge in [-0.3, -0.25) is 4.79 Å². The number of amides is 1. The predicted molar refractivity (Wildman–Crippen MR) is 100.0 cm³/mol. The molecule has 1 aliphatic carbocycles. The van der Waals surface area contributed by atoms with Gasteiger partial charge < -0.3 is 15.0 Å². The van der Waals surface area contributed by atoms with Crippen molar-refractivity contribution >= 4 is 17.2 Å². The molecule has 1 saturated carbocycles. The number of para-hydroxylation sites is 1. The lowest BCUT2D eigenvalue weighted by atomic mass is 10.0. The van der Waals surface area contributed by atoms with Gasteiger partial charge in [0.25, 0.3) is 0 Å². The van der Waals surface area contributed by atoms with E-state index in [9.17, 15) is 9.18 Å². The van der Waals surface area contributed by atoms with Crippen molar-refractivity contribution < 1.29 is 13.9 Å². The Morgan fingerprint density at radius 1 is 1.31 bits per heavy atom. The Balaban J connectivity index is 1.45. The number of ether oxygens (including phenoxy) is 1. The van der Waals surface area contributed by atoms with Crippen molar-refractivity contribution in [2.24, 2.45) is 5.92 Å². The summed E-state index contributed by atoms with van der Waals surface area (Å²) in [7, 11) is 0. The fraction of sp³-hybridized carbons (Fsp3) is 0.450. The van der Waals surface area contributed by atoms with E-state index in [-0.39, 0.29) is 30.1 Å².